The van der Waals surface area contributed by atoms with E-state index in [1.54, 1.807) is 30.9 Å². The number of hydrogen-bond donors (Lipinski definition) is 2. The van der Waals surface area contributed by atoms with Crippen molar-refractivity contribution in [3.8, 4) is 11.5 Å². The summed E-state index contributed by atoms with van der Waals surface area (Å²) in [6.45, 7) is 14.7. The van der Waals surface area contributed by atoms with Crippen LogP contribution >= 0.6 is 0 Å². The number of benzene rings is 3. The van der Waals surface area contributed by atoms with Crippen LogP contribution in [0.4, 0.5) is 0 Å². The summed E-state index contributed by atoms with van der Waals surface area (Å²) in [6.07, 6.45) is 6.35. The van der Waals surface area contributed by atoms with Crippen molar-refractivity contribution in [1.82, 2.24) is 25.6 Å². The Balaban J connectivity index is 1.21. The summed E-state index contributed by atoms with van der Waals surface area (Å²) in [7, 11) is 1.77. The van der Waals surface area contributed by atoms with Gasteiger partial charge in [0.25, 0.3) is 0 Å². The van der Waals surface area contributed by atoms with Gasteiger partial charge in [0.05, 0.1) is 38.1 Å². The van der Waals surface area contributed by atoms with Crippen molar-refractivity contribution in [2.75, 3.05) is 39.5 Å². The normalized spacial score (nSPS) is 17.6. The summed E-state index contributed by atoms with van der Waals surface area (Å²) in [6, 6.07) is 23.1. The predicted octanol–water partition coefficient (Wildman–Crippen LogP) is 7.67. The van der Waals surface area contributed by atoms with E-state index in [9.17, 15) is 28.8 Å². The van der Waals surface area contributed by atoms with E-state index >= 15 is 0 Å². The largest absolute Gasteiger partial charge is 0.483 e. The number of ether oxygens (including phenoxy) is 4. The minimum absolute atomic E-state index is 0.00731. The highest BCUT2D eigenvalue weighted by Gasteiger charge is 2.50. The van der Waals surface area contributed by atoms with Gasteiger partial charge in [-0.3, -0.25) is 33.4 Å². The Morgan fingerprint density at radius 2 is 1.43 bits per heavy atom. The molecule has 0 radical (unpaired) electrons. The van der Waals surface area contributed by atoms with Crippen LogP contribution in [0.3, 0.4) is 0 Å². The highest BCUT2D eigenvalue weighted by Crippen LogP contribution is 2.33. The Labute approximate surface area is 443 Å². The molecule has 1 aromatic heterocycles. The van der Waals surface area contributed by atoms with E-state index in [-0.39, 0.29) is 79.9 Å². The zero-order chi connectivity index (χ0) is 54.0. The number of aryl methyl sites for hydroxylation is 2. The molecule has 16 heteroatoms. The molecule has 0 unspecified atom stereocenters. The number of morpholine rings is 1. The van der Waals surface area contributed by atoms with Crippen molar-refractivity contribution in [3.05, 3.63) is 107 Å². The molecule has 6 rings (SSSR count). The molecular weight excluding hydrogens is 953 g/mol. The fourth-order valence-electron chi connectivity index (χ4n) is 9.85. The molecule has 2 aliphatic rings. The van der Waals surface area contributed by atoms with Gasteiger partial charge in [0.15, 0.2) is 28.8 Å². The molecule has 3 heterocycles. The number of hydrogen-bond acceptors (Lipinski definition) is 12. The minimum atomic E-state index is -0.940. The summed E-state index contributed by atoms with van der Waals surface area (Å²) < 4.78 is 25.3. The number of rotatable bonds is 32. The molecule has 2 saturated heterocycles. The van der Waals surface area contributed by atoms with Crippen molar-refractivity contribution in [3.63, 3.8) is 0 Å². The fraction of sp³-hybridized carbons (Fsp3) is 0.559. The van der Waals surface area contributed by atoms with Crippen molar-refractivity contribution in [1.29, 1.82) is 0 Å². The molecule has 0 spiro atoms. The number of nitrogens with zero attached hydrogens (tertiary/aromatic N) is 4. The second-order valence-electron chi connectivity index (χ2n) is 21.9. The molecule has 406 valence electrons. The number of aromatic nitrogens is 3. The van der Waals surface area contributed by atoms with Crippen molar-refractivity contribution >= 4 is 35.1 Å². The van der Waals surface area contributed by atoms with Crippen molar-refractivity contribution in [2.24, 2.45) is 30.7 Å². The van der Waals surface area contributed by atoms with Crippen molar-refractivity contribution in [2.45, 2.75) is 143 Å². The predicted molar refractivity (Wildman–Crippen MR) is 284 cm³/mol. The maximum absolute atomic E-state index is 14.7. The quantitative estimate of drug-likeness (QED) is 0.0159. The highest BCUT2D eigenvalue weighted by atomic mass is 16.6. The number of epoxide rings is 1. The van der Waals surface area contributed by atoms with E-state index in [2.05, 4.69) is 27.9 Å². The molecule has 2 N–H and O–H groups in total. The smallest absolute Gasteiger partial charge is 0.311 e. The second-order valence-corrected chi connectivity index (χ2v) is 21.9. The number of esters is 1. The maximum atomic E-state index is 14.7. The van der Waals surface area contributed by atoms with E-state index in [4.69, 9.17) is 18.9 Å². The summed E-state index contributed by atoms with van der Waals surface area (Å²) in [5.74, 6) is -2.50. The van der Waals surface area contributed by atoms with E-state index < -0.39 is 35.4 Å². The van der Waals surface area contributed by atoms with Crippen LogP contribution in [0.25, 0.3) is 0 Å². The lowest BCUT2D eigenvalue weighted by atomic mass is 9.87. The molecule has 3 aromatic carbocycles. The SMILES string of the molecule is CCCCCC(=O)Oc1ccc(C[N+]2(CC(=O)C[C@@H](CCc3ccccc3)C(=O)N[C@@H](CC(C)C)C(=O)C[C@@H](Cc3ccccc3)C(=O)N[C@@H](CC(C)C)C(=O)[C@@]3(C)CO3)CCOCC2)cc1OCc1cn(C)nn1. The second kappa shape index (κ2) is 28.2. The summed E-state index contributed by atoms with van der Waals surface area (Å²) >= 11 is 0. The van der Waals surface area contributed by atoms with Crippen LogP contribution < -0.4 is 20.1 Å². The maximum Gasteiger partial charge on any atom is 0.311 e. The van der Waals surface area contributed by atoms with Gasteiger partial charge in [-0.25, -0.2) is 0 Å². The standard InChI is InChI=1S/C59H80N6O10/c1-8-9-12-21-55(68)75-53-25-23-45(33-54(53)73-39-48-36-64(7)63-62-48)37-65(26-28-72-29-27-65)38-49(66)34-46(24-22-43-17-13-10-14-18-43)57(70)60-50(30-41(2)3)52(67)35-47(32-44-19-15-11-16-20-44)58(71)61-51(31-42(4)5)56(69)59(6)40-74-59/h10-11,13-20,23,25,33,36,41-42,46-47,50-51H,8-9,12,21-22,24,26-32,34-35,37-40H2,1-7H3,(H-,60,61,70,71)/p+1/t46-,47-,50+,51+,59-/m1/s1. The van der Waals surface area contributed by atoms with E-state index in [1.807, 2.05) is 100 Å². The molecule has 4 aromatic rings. The van der Waals surface area contributed by atoms with Crippen LogP contribution in [-0.4, -0.2) is 112 Å². The van der Waals surface area contributed by atoms with Gasteiger partial charge in [-0.1, -0.05) is 113 Å². The summed E-state index contributed by atoms with van der Waals surface area (Å²) in [4.78, 5) is 84.8. The van der Waals surface area contributed by atoms with Crippen LogP contribution in [0.2, 0.25) is 0 Å². The van der Waals surface area contributed by atoms with E-state index in [1.165, 1.54) is 0 Å². The Bertz CT molecular complexity index is 2500. The third kappa shape index (κ3) is 18.6. The van der Waals surface area contributed by atoms with Gasteiger partial charge in [0.1, 0.15) is 44.1 Å². The Morgan fingerprint density at radius 1 is 0.787 bits per heavy atom. The van der Waals surface area contributed by atoms with Crippen LogP contribution in [0.1, 0.15) is 122 Å². The van der Waals surface area contributed by atoms with Gasteiger partial charge < -0.3 is 34.1 Å². The lowest BCUT2D eigenvalue weighted by Crippen LogP contribution is -2.57. The van der Waals surface area contributed by atoms with Gasteiger partial charge in [-0.05, 0) is 86.6 Å². The molecule has 0 bridgehead atoms. The number of Topliss-reactive ketones (excluding diaryl/α,β-unsaturated/α-hetero) is 3. The molecule has 0 saturated carbocycles. The van der Waals surface area contributed by atoms with Gasteiger partial charge in [-0.2, -0.15) is 0 Å². The lowest BCUT2D eigenvalue weighted by molar-refractivity contribution is -0.940. The molecule has 2 amide bonds. The first-order valence-corrected chi connectivity index (χ1v) is 27.1. The highest BCUT2D eigenvalue weighted by molar-refractivity contribution is 5.98. The fourth-order valence-corrected chi connectivity index (χ4v) is 9.85. The number of carbonyl (C=O) groups is 6. The van der Waals surface area contributed by atoms with Gasteiger partial charge >= 0.3 is 5.97 Å². The summed E-state index contributed by atoms with van der Waals surface area (Å²) in [5, 5.41) is 14.3. The first-order chi connectivity index (χ1) is 35.9. The van der Waals surface area contributed by atoms with E-state index in [0.717, 1.165) is 36.0 Å². The zero-order valence-corrected chi connectivity index (χ0v) is 45.4. The Hall–Kier alpha value is -6.10. The third-order valence-electron chi connectivity index (χ3n) is 14.2. The number of nitrogens with one attached hydrogen (secondary N) is 2. The molecule has 0 aliphatic carbocycles. The number of carbonyl (C=O) groups excluding carboxylic acids is 6. The van der Waals surface area contributed by atoms with E-state index in [0.29, 0.717) is 86.8 Å². The van der Waals surface area contributed by atoms with Gasteiger partial charge in [-0.15, -0.1) is 5.10 Å². The van der Waals surface area contributed by atoms with Gasteiger partial charge in [0.2, 0.25) is 11.8 Å². The average molecular weight is 1030 g/mol. The number of unbranched alkanes of at least 4 members (excludes halogenated alkanes) is 2. The topological polar surface area (TPSA) is 197 Å². The number of ketones is 3. The Kier molecular flexibility index (Phi) is 21.8. The van der Waals surface area contributed by atoms with Crippen LogP contribution in [0.5, 0.6) is 11.5 Å². The molecular formula is C59H81N6O10+. The molecule has 2 fully saturated rings. The summed E-state index contributed by atoms with van der Waals surface area (Å²) in [5.41, 5.74) is 2.41. The molecule has 16 nitrogen and oxygen atoms in total. The first kappa shape index (κ1) is 58.2. The van der Waals surface area contributed by atoms with Crippen LogP contribution in [-0.2, 0) is 71.3 Å². The van der Waals surface area contributed by atoms with Gasteiger partial charge in [0, 0.05) is 43.7 Å². The third-order valence-corrected chi connectivity index (χ3v) is 14.2. The molecule has 2 aliphatic heterocycles. The number of amides is 2. The number of quaternary nitrogens is 1. The minimum Gasteiger partial charge on any atom is -0.483 e. The zero-order valence-electron chi connectivity index (χ0n) is 45.4. The van der Waals surface area contributed by atoms with Crippen LogP contribution in [0, 0.1) is 23.7 Å². The first-order valence-electron chi connectivity index (χ1n) is 27.1. The molecule has 75 heavy (non-hydrogen) atoms. The lowest BCUT2D eigenvalue weighted by Gasteiger charge is -2.41. The van der Waals surface area contributed by atoms with Crippen LogP contribution in [0.15, 0.2) is 85.1 Å². The monoisotopic (exact) mass is 1030 g/mol. The van der Waals surface area contributed by atoms with Crippen molar-refractivity contribution < 1.29 is 52.2 Å². The Morgan fingerprint density at radius 3 is 2.05 bits per heavy atom. The average Bonchev–Trinajstić information content (AvgIpc) is 4.00. The molecule has 5 atom stereocenters.